The summed E-state index contributed by atoms with van der Waals surface area (Å²) in [6.45, 7) is 5.08. The second kappa shape index (κ2) is 5.53. The van der Waals surface area contributed by atoms with Crippen LogP contribution < -0.4 is 9.64 Å². The van der Waals surface area contributed by atoms with Crippen molar-refractivity contribution in [2.75, 3.05) is 25.1 Å². The first-order valence-electron chi connectivity index (χ1n) is 7.28. The van der Waals surface area contributed by atoms with Crippen LogP contribution in [0.25, 0.3) is 0 Å². The molecule has 1 unspecified atom stereocenters. The van der Waals surface area contributed by atoms with Gasteiger partial charge < -0.3 is 14.7 Å². The summed E-state index contributed by atoms with van der Waals surface area (Å²) in [5.74, 6) is 1.05. The Labute approximate surface area is 128 Å². The molecule has 2 aromatic heterocycles. The van der Waals surface area contributed by atoms with Crippen LogP contribution in [0.4, 0.5) is 5.95 Å². The summed E-state index contributed by atoms with van der Waals surface area (Å²) in [6.07, 6.45) is 4.01. The second-order valence-electron chi connectivity index (χ2n) is 5.78. The largest absolute Gasteiger partial charge is 0.481 e. The van der Waals surface area contributed by atoms with Crippen molar-refractivity contribution in [2.45, 2.75) is 31.9 Å². The topological polar surface area (TPSA) is 89.2 Å². The van der Waals surface area contributed by atoms with Gasteiger partial charge in [-0.05, 0) is 13.8 Å². The number of aliphatic hydroxyl groups is 1. The van der Waals surface area contributed by atoms with Crippen LogP contribution in [-0.2, 0) is 5.60 Å². The Bertz CT molecular complexity index is 658. The molecule has 3 rings (SSSR count). The number of nitrogens with zero attached hydrogens (tertiary/aromatic N) is 6. The van der Waals surface area contributed by atoms with E-state index in [2.05, 4.69) is 20.3 Å². The number of anilines is 1. The van der Waals surface area contributed by atoms with E-state index in [1.54, 1.807) is 30.3 Å². The number of β-amino-alcohol motifs (C(OH)–C–C–N with tert-alkyl or cyclic N) is 1. The van der Waals surface area contributed by atoms with Crippen molar-refractivity contribution < 1.29 is 9.84 Å². The minimum atomic E-state index is -1.03. The number of aromatic nitrogens is 5. The maximum Gasteiger partial charge on any atom is 0.228 e. The molecule has 0 bridgehead atoms. The fraction of sp³-hybridized carbons (Fsp3) is 0.571. The first-order valence-corrected chi connectivity index (χ1v) is 7.28. The molecular formula is C14H20N6O2. The zero-order valence-corrected chi connectivity index (χ0v) is 13.0. The van der Waals surface area contributed by atoms with Gasteiger partial charge in [0, 0.05) is 31.3 Å². The lowest BCUT2D eigenvalue weighted by molar-refractivity contribution is 0.0558. The summed E-state index contributed by atoms with van der Waals surface area (Å²) in [5.41, 5.74) is -0.439. The van der Waals surface area contributed by atoms with Crippen molar-refractivity contribution in [2.24, 2.45) is 0 Å². The Kier molecular flexibility index (Phi) is 3.69. The van der Waals surface area contributed by atoms with Gasteiger partial charge in [0.25, 0.3) is 0 Å². The van der Waals surface area contributed by atoms with Gasteiger partial charge in [0.05, 0.1) is 19.9 Å². The second-order valence-corrected chi connectivity index (χ2v) is 5.78. The molecular weight excluding hydrogens is 284 g/mol. The highest BCUT2D eigenvalue weighted by atomic mass is 16.5. The fourth-order valence-electron chi connectivity index (χ4n) is 2.51. The number of hydrogen-bond donors (Lipinski definition) is 1. The average molecular weight is 304 g/mol. The molecule has 3 heterocycles. The first-order chi connectivity index (χ1) is 10.5. The van der Waals surface area contributed by atoms with Crippen molar-refractivity contribution in [3.05, 3.63) is 24.2 Å². The van der Waals surface area contributed by atoms with Crippen molar-refractivity contribution in [1.82, 2.24) is 25.0 Å². The van der Waals surface area contributed by atoms with Crippen molar-refractivity contribution >= 4 is 5.95 Å². The number of methoxy groups -OCH3 is 1. The summed E-state index contributed by atoms with van der Waals surface area (Å²) in [4.78, 5) is 10.5. The maximum absolute atomic E-state index is 10.9. The third-order valence-electron chi connectivity index (χ3n) is 3.87. The van der Waals surface area contributed by atoms with E-state index < -0.39 is 5.60 Å². The lowest BCUT2D eigenvalue weighted by atomic mass is 10.00. The summed E-state index contributed by atoms with van der Waals surface area (Å²) in [6, 6.07) is 1.91. The van der Waals surface area contributed by atoms with Crippen molar-refractivity contribution in [3.8, 4) is 5.88 Å². The molecule has 1 N–H and O–H groups in total. The van der Waals surface area contributed by atoms with Crippen LogP contribution in [0.2, 0.25) is 0 Å². The Morgan fingerprint density at radius 2 is 2.23 bits per heavy atom. The smallest absolute Gasteiger partial charge is 0.228 e. The van der Waals surface area contributed by atoms with Crippen LogP contribution in [0.15, 0.2) is 18.5 Å². The summed E-state index contributed by atoms with van der Waals surface area (Å²) < 4.78 is 6.86. The lowest BCUT2D eigenvalue weighted by Crippen LogP contribution is -2.32. The summed E-state index contributed by atoms with van der Waals surface area (Å²) >= 11 is 0. The fourth-order valence-corrected chi connectivity index (χ4v) is 2.51. The van der Waals surface area contributed by atoms with Gasteiger partial charge in [0.15, 0.2) is 0 Å². The standard InChI is InChI=1S/C14H20N6O2/c1-10(2)20-8-11(17-18-20)14(21)5-7-19(9-14)13-15-6-4-12(16-13)22-3/h4,6,8,10,21H,5,7,9H2,1-3H3. The van der Waals surface area contributed by atoms with Crippen LogP contribution in [0.3, 0.4) is 0 Å². The Balaban J connectivity index is 1.80. The highest BCUT2D eigenvalue weighted by molar-refractivity contribution is 5.36. The molecule has 1 atom stereocenters. The molecule has 0 amide bonds. The minimum Gasteiger partial charge on any atom is -0.481 e. The molecule has 0 radical (unpaired) electrons. The SMILES string of the molecule is COc1ccnc(N2CCC(O)(c3cn(C(C)C)nn3)C2)n1. The molecule has 1 aliphatic rings. The Hall–Kier alpha value is -2.22. The van der Waals surface area contributed by atoms with Crippen LogP contribution in [-0.4, -0.2) is 50.3 Å². The average Bonchev–Trinajstić information content (AvgIpc) is 3.15. The third kappa shape index (κ3) is 2.61. The molecule has 22 heavy (non-hydrogen) atoms. The number of rotatable bonds is 4. The minimum absolute atomic E-state index is 0.212. The van der Waals surface area contributed by atoms with E-state index in [-0.39, 0.29) is 6.04 Å². The number of hydrogen-bond acceptors (Lipinski definition) is 7. The summed E-state index contributed by atoms with van der Waals surface area (Å²) in [5, 5.41) is 19.1. The van der Waals surface area contributed by atoms with Crippen LogP contribution >= 0.6 is 0 Å². The van der Waals surface area contributed by atoms with Gasteiger partial charge in [-0.1, -0.05) is 5.21 Å². The zero-order chi connectivity index (χ0) is 15.7. The van der Waals surface area contributed by atoms with Gasteiger partial charge in [-0.2, -0.15) is 4.98 Å². The molecule has 1 aliphatic heterocycles. The zero-order valence-electron chi connectivity index (χ0n) is 13.0. The lowest BCUT2D eigenvalue weighted by Gasteiger charge is -2.21. The molecule has 1 saturated heterocycles. The van der Waals surface area contributed by atoms with Crippen LogP contribution in [0, 0.1) is 0 Å². The molecule has 2 aromatic rings. The highest BCUT2D eigenvalue weighted by Crippen LogP contribution is 2.32. The van der Waals surface area contributed by atoms with Crippen LogP contribution in [0.5, 0.6) is 5.88 Å². The van der Waals surface area contributed by atoms with E-state index in [0.29, 0.717) is 37.0 Å². The summed E-state index contributed by atoms with van der Waals surface area (Å²) in [7, 11) is 1.57. The Morgan fingerprint density at radius 3 is 2.91 bits per heavy atom. The molecule has 1 fully saturated rings. The van der Waals surface area contributed by atoms with Gasteiger partial charge in [-0.3, -0.25) is 0 Å². The molecule has 0 aromatic carbocycles. The molecule has 0 saturated carbocycles. The van der Waals surface area contributed by atoms with Gasteiger partial charge in [0.2, 0.25) is 11.8 Å². The van der Waals surface area contributed by atoms with Crippen molar-refractivity contribution in [3.63, 3.8) is 0 Å². The Morgan fingerprint density at radius 1 is 1.41 bits per heavy atom. The van der Waals surface area contributed by atoms with Gasteiger partial charge in [0.1, 0.15) is 11.3 Å². The quantitative estimate of drug-likeness (QED) is 0.891. The van der Waals surface area contributed by atoms with E-state index in [1.807, 2.05) is 18.7 Å². The first kappa shape index (κ1) is 14.7. The third-order valence-corrected chi connectivity index (χ3v) is 3.87. The van der Waals surface area contributed by atoms with E-state index in [9.17, 15) is 5.11 Å². The van der Waals surface area contributed by atoms with Gasteiger partial charge in [-0.15, -0.1) is 5.10 Å². The van der Waals surface area contributed by atoms with Gasteiger partial charge >= 0.3 is 0 Å². The normalized spacial score (nSPS) is 21.6. The highest BCUT2D eigenvalue weighted by Gasteiger charge is 2.41. The van der Waals surface area contributed by atoms with E-state index in [4.69, 9.17) is 4.74 Å². The van der Waals surface area contributed by atoms with E-state index in [1.165, 1.54) is 0 Å². The van der Waals surface area contributed by atoms with Crippen molar-refractivity contribution in [1.29, 1.82) is 0 Å². The monoisotopic (exact) mass is 304 g/mol. The molecule has 8 nitrogen and oxygen atoms in total. The van der Waals surface area contributed by atoms with Crippen LogP contribution in [0.1, 0.15) is 32.0 Å². The van der Waals surface area contributed by atoms with E-state index in [0.717, 1.165) is 0 Å². The molecule has 0 aliphatic carbocycles. The molecule has 0 spiro atoms. The number of ether oxygens (including phenoxy) is 1. The van der Waals surface area contributed by atoms with Gasteiger partial charge in [-0.25, -0.2) is 9.67 Å². The maximum atomic E-state index is 10.9. The predicted octanol–water partition coefficient (Wildman–Crippen LogP) is 0.755. The van der Waals surface area contributed by atoms with E-state index >= 15 is 0 Å². The molecule has 118 valence electrons. The molecule has 8 heteroatoms. The predicted molar refractivity (Wildman–Crippen MR) is 79.7 cm³/mol.